The predicted molar refractivity (Wildman–Crippen MR) is 145 cm³/mol. The minimum atomic E-state index is -0.231. The Balaban J connectivity index is 1.79. The van der Waals surface area contributed by atoms with Crippen LogP contribution in [0.1, 0.15) is 43.1 Å². The Bertz CT molecular complexity index is 1420. The van der Waals surface area contributed by atoms with Crippen LogP contribution in [-0.2, 0) is 6.61 Å². The zero-order valence-electron chi connectivity index (χ0n) is 18.6. The van der Waals surface area contributed by atoms with E-state index in [2.05, 4.69) is 43.9 Å². The molecule has 0 spiro atoms. The highest BCUT2D eigenvalue weighted by Crippen LogP contribution is 2.32. The lowest BCUT2D eigenvalue weighted by Crippen LogP contribution is -2.23. The Kier molecular flexibility index (Phi) is 7.86. The van der Waals surface area contributed by atoms with E-state index in [1.54, 1.807) is 24.4 Å². The van der Waals surface area contributed by atoms with Gasteiger partial charge in [-0.1, -0.05) is 71.7 Å². The van der Waals surface area contributed by atoms with Crippen molar-refractivity contribution in [3.63, 3.8) is 0 Å². The zero-order chi connectivity index (χ0) is 24.2. The van der Waals surface area contributed by atoms with Crippen molar-refractivity contribution in [1.29, 1.82) is 0 Å². The Morgan fingerprint density at radius 3 is 2.65 bits per heavy atom. The number of rotatable bonds is 7. The van der Waals surface area contributed by atoms with E-state index in [4.69, 9.17) is 21.3 Å². The van der Waals surface area contributed by atoms with Gasteiger partial charge in [0, 0.05) is 21.0 Å². The van der Waals surface area contributed by atoms with Crippen LogP contribution in [0.4, 0.5) is 0 Å². The fourth-order valence-electron chi connectivity index (χ4n) is 3.46. The first-order valence-electron chi connectivity index (χ1n) is 10.8. The predicted octanol–water partition coefficient (Wildman–Crippen LogP) is 7.55. The van der Waals surface area contributed by atoms with Gasteiger partial charge in [-0.25, -0.2) is 4.98 Å². The van der Waals surface area contributed by atoms with Crippen LogP contribution in [-0.4, -0.2) is 15.9 Å². The first kappa shape index (κ1) is 24.6. The van der Waals surface area contributed by atoms with E-state index < -0.39 is 0 Å². The molecule has 0 N–H and O–H groups in total. The van der Waals surface area contributed by atoms with Crippen LogP contribution >= 0.6 is 43.5 Å². The summed E-state index contributed by atoms with van der Waals surface area (Å²) in [7, 11) is 0. The van der Waals surface area contributed by atoms with Gasteiger partial charge in [0.25, 0.3) is 5.56 Å². The zero-order valence-corrected chi connectivity index (χ0v) is 22.6. The SMILES string of the molecule is CC[C@@H](C)c1nc2ccc(Br)cc2c(=O)n1N=Cc1cc(Cl)cc(Br)c1OCc1ccccc1. The van der Waals surface area contributed by atoms with Crippen molar-refractivity contribution in [1.82, 2.24) is 9.66 Å². The quantitative estimate of drug-likeness (QED) is 0.205. The average molecular weight is 604 g/mol. The van der Waals surface area contributed by atoms with Crippen molar-refractivity contribution in [2.45, 2.75) is 32.8 Å². The van der Waals surface area contributed by atoms with E-state index in [0.29, 0.717) is 44.1 Å². The van der Waals surface area contributed by atoms with Crippen molar-refractivity contribution in [2.75, 3.05) is 0 Å². The Hall–Kier alpha value is -2.48. The normalized spacial score (nSPS) is 12.4. The van der Waals surface area contributed by atoms with Gasteiger partial charge in [-0.3, -0.25) is 4.79 Å². The molecule has 8 heteroatoms. The largest absolute Gasteiger partial charge is 0.487 e. The van der Waals surface area contributed by atoms with Gasteiger partial charge in [0.15, 0.2) is 0 Å². The van der Waals surface area contributed by atoms with Gasteiger partial charge in [0.05, 0.1) is 21.6 Å². The topological polar surface area (TPSA) is 56.5 Å². The van der Waals surface area contributed by atoms with Crippen LogP contribution < -0.4 is 10.3 Å². The molecule has 1 heterocycles. The molecule has 0 aliphatic carbocycles. The first-order valence-corrected chi connectivity index (χ1v) is 12.8. The maximum atomic E-state index is 13.4. The molecule has 0 radical (unpaired) electrons. The molecule has 0 saturated carbocycles. The summed E-state index contributed by atoms with van der Waals surface area (Å²) in [4.78, 5) is 18.1. The van der Waals surface area contributed by atoms with Gasteiger partial charge in [-0.15, -0.1) is 0 Å². The molecule has 1 aromatic heterocycles. The van der Waals surface area contributed by atoms with Crippen LogP contribution in [0, 0.1) is 0 Å². The van der Waals surface area contributed by atoms with Crippen molar-refractivity contribution in [2.24, 2.45) is 5.10 Å². The van der Waals surface area contributed by atoms with E-state index in [1.165, 1.54) is 4.68 Å². The lowest BCUT2D eigenvalue weighted by molar-refractivity contribution is 0.304. The molecule has 5 nitrogen and oxygen atoms in total. The number of halogens is 3. The standard InChI is InChI=1S/C26H22Br2ClN3O2/c1-3-16(2)25-31-23-10-9-19(27)12-21(23)26(33)32(25)30-14-18-11-20(29)13-22(28)24(18)34-15-17-7-5-4-6-8-17/h4-14,16H,3,15H2,1-2H3/t16-/m1/s1. The highest BCUT2D eigenvalue weighted by atomic mass is 79.9. The molecule has 0 fully saturated rings. The highest BCUT2D eigenvalue weighted by Gasteiger charge is 2.16. The summed E-state index contributed by atoms with van der Waals surface area (Å²) in [5, 5.41) is 5.58. The van der Waals surface area contributed by atoms with Crippen molar-refractivity contribution in [3.8, 4) is 5.75 Å². The number of ether oxygens (including phenoxy) is 1. The van der Waals surface area contributed by atoms with Gasteiger partial charge in [0.2, 0.25) is 0 Å². The third-order valence-electron chi connectivity index (χ3n) is 5.46. The second-order valence-electron chi connectivity index (χ2n) is 7.88. The molecule has 0 aliphatic rings. The van der Waals surface area contributed by atoms with E-state index in [9.17, 15) is 4.79 Å². The summed E-state index contributed by atoms with van der Waals surface area (Å²) < 4.78 is 8.99. The average Bonchev–Trinajstić information content (AvgIpc) is 2.83. The fourth-order valence-corrected chi connectivity index (χ4v) is 4.77. The highest BCUT2D eigenvalue weighted by molar-refractivity contribution is 9.10. The second-order valence-corrected chi connectivity index (χ2v) is 10.1. The first-order chi connectivity index (χ1) is 16.4. The molecular formula is C26H22Br2ClN3O2. The number of hydrogen-bond acceptors (Lipinski definition) is 4. The smallest absolute Gasteiger partial charge is 0.282 e. The molecule has 0 bridgehead atoms. The third kappa shape index (κ3) is 5.43. The molecule has 0 unspecified atom stereocenters. The van der Waals surface area contributed by atoms with Crippen LogP contribution in [0.15, 0.2) is 79.5 Å². The fraction of sp³-hybridized carbons (Fsp3) is 0.192. The molecule has 34 heavy (non-hydrogen) atoms. The number of aromatic nitrogens is 2. The lowest BCUT2D eigenvalue weighted by Gasteiger charge is -2.15. The number of fused-ring (bicyclic) bond motifs is 1. The van der Waals surface area contributed by atoms with Crippen molar-refractivity contribution < 1.29 is 4.74 Å². The van der Waals surface area contributed by atoms with Crippen LogP contribution in [0.5, 0.6) is 5.75 Å². The summed E-state index contributed by atoms with van der Waals surface area (Å²) in [6.07, 6.45) is 2.41. The minimum absolute atomic E-state index is 0.0396. The van der Waals surface area contributed by atoms with Crippen molar-refractivity contribution >= 4 is 60.6 Å². The lowest BCUT2D eigenvalue weighted by atomic mass is 10.1. The second kappa shape index (κ2) is 10.8. The summed E-state index contributed by atoms with van der Waals surface area (Å²) in [5.74, 6) is 1.23. The molecular weight excluding hydrogens is 582 g/mol. The minimum Gasteiger partial charge on any atom is -0.487 e. The van der Waals surface area contributed by atoms with E-state index in [-0.39, 0.29) is 11.5 Å². The maximum absolute atomic E-state index is 13.4. The third-order valence-corrected chi connectivity index (χ3v) is 6.76. The molecule has 0 amide bonds. The van der Waals surface area contributed by atoms with Crippen molar-refractivity contribution in [3.05, 3.63) is 102 Å². The molecule has 174 valence electrons. The number of hydrogen-bond donors (Lipinski definition) is 0. The Labute approximate surface area is 219 Å². The van der Waals surface area contributed by atoms with E-state index >= 15 is 0 Å². The molecule has 4 aromatic rings. The van der Waals surface area contributed by atoms with Crippen LogP contribution in [0.25, 0.3) is 10.9 Å². The van der Waals surface area contributed by atoms with Crippen LogP contribution in [0.2, 0.25) is 5.02 Å². The van der Waals surface area contributed by atoms with Gasteiger partial charge in [0.1, 0.15) is 18.2 Å². The summed E-state index contributed by atoms with van der Waals surface area (Å²) in [6, 6.07) is 18.9. The molecule has 1 atom stereocenters. The van der Waals surface area contributed by atoms with Crippen LogP contribution in [0.3, 0.4) is 0 Å². The molecule has 3 aromatic carbocycles. The molecule has 0 saturated heterocycles. The maximum Gasteiger partial charge on any atom is 0.282 e. The van der Waals surface area contributed by atoms with Gasteiger partial charge < -0.3 is 4.74 Å². The molecule has 4 rings (SSSR count). The number of nitrogens with zero attached hydrogens (tertiary/aromatic N) is 3. The molecule has 0 aliphatic heterocycles. The Morgan fingerprint density at radius 2 is 1.91 bits per heavy atom. The van der Waals surface area contributed by atoms with E-state index in [1.807, 2.05) is 49.4 Å². The number of benzene rings is 3. The van der Waals surface area contributed by atoms with E-state index in [0.717, 1.165) is 16.5 Å². The summed E-state index contributed by atoms with van der Waals surface area (Å²) in [6.45, 7) is 4.47. The Morgan fingerprint density at radius 1 is 1.15 bits per heavy atom. The van der Waals surface area contributed by atoms with Gasteiger partial charge in [-0.05, 0) is 58.2 Å². The summed E-state index contributed by atoms with van der Waals surface area (Å²) in [5.41, 5.74) is 2.09. The monoisotopic (exact) mass is 601 g/mol. The summed E-state index contributed by atoms with van der Waals surface area (Å²) >= 11 is 13.3. The van der Waals surface area contributed by atoms with Gasteiger partial charge in [-0.2, -0.15) is 9.78 Å². The van der Waals surface area contributed by atoms with Gasteiger partial charge >= 0.3 is 0 Å².